The zero-order valence-corrected chi connectivity index (χ0v) is 29.5. The average molecular weight is 728 g/mol. The van der Waals surface area contributed by atoms with Crippen molar-refractivity contribution in [3.05, 3.63) is 48.0 Å². The standard InChI is InChI=1S/C10H11O2.C8H10AsNO5.3C4H9.Sn/c1-12-10(11)8-7-9-5-3-2-4-6-9;1-5(11)10-8-6(9(13,14)15)3-2-4-7(8)12;3*1-3-4-2;/h3-6H,7-8H2,1H3;2-4,12H,1H3,(H,10,11)(H2,13,14,15);3*1,3-4H2,2H3;. The van der Waals surface area contributed by atoms with Gasteiger partial charge in [0.25, 0.3) is 0 Å². The van der Waals surface area contributed by atoms with Crippen LogP contribution in [0.4, 0.5) is 5.69 Å². The van der Waals surface area contributed by atoms with Gasteiger partial charge in [-0.25, -0.2) is 0 Å². The van der Waals surface area contributed by atoms with Crippen LogP contribution in [0.2, 0.25) is 13.3 Å². The summed E-state index contributed by atoms with van der Waals surface area (Å²) in [5, 5.41) is 11.5. The third-order valence-corrected chi connectivity index (χ3v) is 24.8. The molecule has 0 spiro atoms. The number of hydrogen-bond donors (Lipinski definition) is 4. The molecule has 2 aromatic rings. The molecule has 0 atom stereocenters. The van der Waals surface area contributed by atoms with E-state index in [1.165, 1.54) is 89.6 Å². The number of nitrogens with one attached hydrogen (secondary N) is 1. The summed E-state index contributed by atoms with van der Waals surface area (Å²) in [5.41, 5.74) is 1.04. The van der Waals surface area contributed by atoms with Gasteiger partial charge in [0, 0.05) is 0 Å². The first kappa shape index (κ1) is 36.3. The molecule has 224 valence electrons. The fourth-order valence-electron chi connectivity index (χ4n) is 4.80. The van der Waals surface area contributed by atoms with Gasteiger partial charge in [0.15, 0.2) is 0 Å². The molecule has 0 saturated heterocycles. The van der Waals surface area contributed by atoms with Crippen LogP contribution >= 0.6 is 0 Å². The summed E-state index contributed by atoms with van der Waals surface area (Å²) in [6.07, 6.45) is 9.39. The van der Waals surface area contributed by atoms with E-state index < -0.39 is 38.5 Å². The van der Waals surface area contributed by atoms with Gasteiger partial charge in [0.05, 0.1) is 0 Å². The quantitative estimate of drug-likeness (QED) is 0.118. The number of benzene rings is 2. The summed E-state index contributed by atoms with van der Waals surface area (Å²) in [6.45, 7) is 8.16. The number of hydrogen-bond acceptors (Lipinski definition) is 5. The number of carbonyl (C=O) groups excluding carboxylic acids is 2. The van der Waals surface area contributed by atoms with Crippen molar-refractivity contribution in [1.82, 2.24) is 0 Å². The predicted octanol–water partition coefficient (Wildman–Crippen LogP) is 4.76. The van der Waals surface area contributed by atoms with Gasteiger partial charge in [-0.05, 0) is 0 Å². The van der Waals surface area contributed by atoms with Crippen LogP contribution in [-0.2, 0) is 24.5 Å². The van der Waals surface area contributed by atoms with E-state index in [-0.39, 0.29) is 21.8 Å². The molecule has 0 radical (unpaired) electrons. The summed E-state index contributed by atoms with van der Waals surface area (Å²) in [4.78, 5) is 22.1. The molecular weight excluding hydrogens is 680 g/mol. The Bertz CT molecular complexity index is 1080. The normalized spacial score (nSPS) is 11.4. The second-order valence-electron chi connectivity index (χ2n) is 10.3. The minimum absolute atomic E-state index is 0.119. The number of aryl methyl sites for hydroxylation is 1. The number of esters is 1. The number of amides is 1. The molecule has 0 heterocycles. The molecule has 40 heavy (non-hydrogen) atoms. The van der Waals surface area contributed by atoms with Crippen LogP contribution in [0.3, 0.4) is 0 Å². The van der Waals surface area contributed by atoms with E-state index in [4.69, 9.17) is 12.9 Å². The Labute approximate surface area is 246 Å². The van der Waals surface area contributed by atoms with Crippen molar-refractivity contribution in [2.75, 3.05) is 12.4 Å². The Morgan fingerprint density at radius 1 is 0.900 bits per heavy atom. The minimum atomic E-state index is -5.14. The van der Waals surface area contributed by atoms with Crippen LogP contribution in [0, 0.1) is 0 Å². The molecule has 10 heteroatoms. The Kier molecular flexibility index (Phi) is 16.9. The number of unbranched alkanes of at least 4 members (excludes halogenated alkanes) is 3. The number of para-hydroxylation sites is 1. The van der Waals surface area contributed by atoms with Crippen LogP contribution in [-0.4, -0.2) is 64.8 Å². The third kappa shape index (κ3) is 12.4. The van der Waals surface area contributed by atoms with Crippen molar-refractivity contribution in [1.29, 1.82) is 0 Å². The maximum absolute atomic E-state index is 11.4. The molecule has 0 bridgehead atoms. The molecule has 0 unspecified atom stereocenters. The van der Waals surface area contributed by atoms with Crippen molar-refractivity contribution in [3.63, 3.8) is 0 Å². The van der Waals surface area contributed by atoms with E-state index in [1.807, 2.05) is 0 Å². The fourth-order valence-corrected chi connectivity index (χ4v) is 22.3. The number of phenols is 1. The van der Waals surface area contributed by atoms with Gasteiger partial charge in [-0.3, -0.25) is 0 Å². The van der Waals surface area contributed by atoms with Gasteiger partial charge in [-0.2, -0.15) is 0 Å². The number of anilines is 1. The van der Waals surface area contributed by atoms with Crippen molar-refractivity contribution in [2.45, 2.75) is 92.4 Å². The van der Waals surface area contributed by atoms with Crippen LogP contribution < -0.4 is 13.2 Å². The first-order valence-corrected chi connectivity index (χ1v) is 25.1. The van der Waals surface area contributed by atoms with Crippen LogP contribution in [0.1, 0.15) is 78.2 Å². The monoisotopic (exact) mass is 729 g/mol. The van der Waals surface area contributed by atoms with Gasteiger partial charge in [0.1, 0.15) is 0 Å². The average Bonchev–Trinajstić information content (AvgIpc) is 2.92. The fraction of sp³-hybridized carbons (Fsp3) is 0.533. The van der Waals surface area contributed by atoms with Gasteiger partial charge >= 0.3 is 248 Å². The molecular formula is C30H48AsNO7Sn. The zero-order valence-electron chi connectivity index (χ0n) is 24.7. The molecule has 0 aromatic heterocycles. The second kappa shape index (κ2) is 18.6. The van der Waals surface area contributed by atoms with Crippen LogP contribution in [0.5, 0.6) is 5.75 Å². The number of methoxy groups -OCH3 is 1. The zero-order chi connectivity index (χ0) is 30.2. The van der Waals surface area contributed by atoms with Crippen LogP contribution in [0.15, 0.2) is 42.5 Å². The van der Waals surface area contributed by atoms with Crippen LogP contribution in [0.25, 0.3) is 0 Å². The molecule has 1 amide bonds. The summed E-state index contributed by atoms with van der Waals surface area (Å²) in [7, 11) is 1.46. The molecule has 4 N–H and O–H groups in total. The van der Waals surface area contributed by atoms with Crippen molar-refractivity contribution < 1.29 is 31.4 Å². The molecule has 0 fully saturated rings. The van der Waals surface area contributed by atoms with E-state index in [2.05, 4.69) is 50.4 Å². The number of carbonyl (C=O) groups is 2. The molecule has 0 aliphatic heterocycles. The maximum atomic E-state index is 11.4. The first-order valence-electron chi connectivity index (χ1n) is 14.3. The van der Waals surface area contributed by atoms with E-state index in [9.17, 15) is 18.4 Å². The molecule has 0 aliphatic carbocycles. The van der Waals surface area contributed by atoms with E-state index in [0.717, 1.165) is 6.42 Å². The Morgan fingerprint density at radius 2 is 1.43 bits per heavy atom. The molecule has 2 rings (SSSR count). The van der Waals surface area contributed by atoms with E-state index in [1.54, 1.807) is 3.58 Å². The van der Waals surface area contributed by atoms with Crippen molar-refractivity contribution in [3.8, 4) is 5.75 Å². The van der Waals surface area contributed by atoms with Crippen molar-refractivity contribution >= 4 is 58.0 Å². The summed E-state index contributed by atoms with van der Waals surface area (Å²) >= 11 is -7.43. The van der Waals surface area contributed by atoms with E-state index >= 15 is 0 Å². The number of phenolic OH excluding ortho intramolecular Hbond substituents is 1. The summed E-state index contributed by atoms with van der Waals surface area (Å²) in [6, 6.07) is 13.1. The Hall–Kier alpha value is -1.74. The first-order chi connectivity index (χ1) is 18.9. The third-order valence-electron chi connectivity index (χ3n) is 7.07. The molecule has 2 aromatic carbocycles. The second-order valence-corrected chi connectivity index (χ2v) is 26.8. The SMILES string of the molecule is CC(=O)Nc1c(O)cccc1[As](=O)(O)O.CCC[CH2][Sn]([CH2]CCC)([CH2]CCC)[c]1ccc(CCC(=O)OC)cc1. The summed E-state index contributed by atoms with van der Waals surface area (Å²) in [5.74, 6) is -0.999. The Balaban J connectivity index is 0.000000453. The van der Waals surface area contributed by atoms with Gasteiger partial charge < -0.3 is 0 Å². The summed E-state index contributed by atoms with van der Waals surface area (Å²) < 4.78 is 39.8. The topological polar surface area (TPSA) is 133 Å². The predicted molar refractivity (Wildman–Crippen MR) is 164 cm³/mol. The molecule has 8 nitrogen and oxygen atoms in total. The molecule has 0 saturated carbocycles. The van der Waals surface area contributed by atoms with Gasteiger partial charge in [0.2, 0.25) is 0 Å². The van der Waals surface area contributed by atoms with Gasteiger partial charge in [-0.15, -0.1) is 0 Å². The van der Waals surface area contributed by atoms with E-state index in [0.29, 0.717) is 6.42 Å². The number of aromatic hydroxyl groups is 1. The molecule has 0 aliphatic rings. The Morgan fingerprint density at radius 3 is 1.85 bits per heavy atom. The van der Waals surface area contributed by atoms with Crippen molar-refractivity contribution in [2.24, 2.45) is 0 Å². The number of ether oxygens (including phenoxy) is 1. The number of rotatable bonds is 15. The van der Waals surface area contributed by atoms with Gasteiger partial charge in [-0.1, -0.05) is 0 Å².